The summed E-state index contributed by atoms with van der Waals surface area (Å²) in [4.78, 5) is 41.8. The molecular weight excluding hydrogens is 396 g/mol. The third kappa shape index (κ3) is 3.39. The highest BCUT2D eigenvalue weighted by Gasteiger charge is 2.42. The molecule has 4 aliphatic rings. The molecule has 1 atom stereocenters. The van der Waals surface area contributed by atoms with Gasteiger partial charge in [0.2, 0.25) is 0 Å². The van der Waals surface area contributed by atoms with E-state index in [0.717, 1.165) is 43.5 Å². The van der Waals surface area contributed by atoms with E-state index in [-0.39, 0.29) is 30.2 Å². The number of rotatable bonds is 5. The molecule has 3 amide bonds. The lowest BCUT2D eigenvalue weighted by atomic mass is 9.94. The molecule has 3 heterocycles. The highest BCUT2D eigenvalue weighted by Crippen LogP contribution is 2.34. The van der Waals surface area contributed by atoms with Gasteiger partial charge in [-0.3, -0.25) is 19.2 Å². The number of carbonyl (C=O) groups excluding carboxylic acids is 3. The molecule has 1 aromatic rings. The summed E-state index contributed by atoms with van der Waals surface area (Å²) in [7, 11) is 0. The van der Waals surface area contributed by atoms with Crippen LogP contribution in [0.2, 0.25) is 0 Å². The lowest BCUT2D eigenvalue weighted by Crippen LogP contribution is -2.41. The molecule has 1 unspecified atom stereocenters. The number of hydrogen-bond acceptors (Lipinski definition) is 5. The summed E-state index contributed by atoms with van der Waals surface area (Å²) in [5.41, 5.74) is 2.72. The number of ether oxygens (including phenoxy) is 1. The Bertz CT molecular complexity index is 986. The van der Waals surface area contributed by atoms with E-state index < -0.39 is 0 Å². The van der Waals surface area contributed by atoms with Crippen molar-refractivity contribution in [1.82, 2.24) is 19.7 Å². The van der Waals surface area contributed by atoms with Crippen molar-refractivity contribution >= 4 is 30.2 Å². The highest BCUT2D eigenvalue weighted by atomic mass is 16.6. The monoisotopic (exact) mass is 424 g/mol. The normalized spacial score (nSPS) is 23.7. The van der Waals surface area contributed by atoms with Crippen LogP contribution in [0.15, 0.2) is 17.8 Å². The van der Waals surface area contributed by atoms with Crippen molar-refractivity contribution in [2.24, 2.45) is 0 Å². The van der Waals surface area contributed by atoms with Crippen LogP contribution in [0.3, 0.4) is 0 Å². The van der Waals surface area contributed by atoms with E-state index in [1.54, 1.807) is 15.5 Å². The Kier molecular flexibility index (Phi) is 5.17. The topological polar surface area (TPSA) is 83.9 Å². The van der Waals surface area contributed by atoms with Crippen LogP contribution >= 0.6 is 0 Å². The zero-order chi connectivity index (χ0) is 21.5. The summed E-state index contributed by atoms with van der Waals surface area (Å²) in [5.74, 6) is -0.209. The molecule has 8 heteroatoms. The van der Waals surface area contributed by atoms with Gasteiger partial charge >= 0.3 is 12.1 Å². The second-order valence-electron chi connectivity index (χ2n) is 8.62. The number of likely N-dealkylation sites (N-methyl/N-ethyl adjacent to an activating group) is 1. The lowest BCUT2D eigenvalue weighted by molar-refractivity contribution is 0.0749. The number of aromatic nitrogens is 1. The average Bonchev–Trinajstić information content (AvgIpc) is 3.34. The largest absolute Gasteiger partial charge is 0.443 e. The molecule has 1 saturated carbocycles. The van der Waals surface area contributed by atoms with Crippen LogP contribution in [0.1, 0.15) is 67.2 Å². The summed E-state index contributed by atoms with van der Waals surface area (Å²) in [5, 5.41) is 3.21. The molecule has 0 aromatic carbocycles. The van der Waals surface area contributed by atoms with E-state index >= 15 is 0 Å². The molecule has 0 spiro atoms. The van der Waals surface area contributed by atoms with Gasteiger partial charge in [-0.25, -0.2) is 9.59 Å². The lowest BCUT2D eigenvalue weighted by Gasteiger charge is -2.28. The van der Waals surface area contributed by atoms with Crippen LogP contribution in [0.4, 0.5) is 9.59 Å². The fraction of sp³-hybridized carbons (Fsp3) is 0.522. The second kappa shape index (κ2) is 8.00. The highest BCUT2D eigenvalue weighted by molar-refractivity contribution is 6.13. The first-order valence-electron chi connectivity index (χ1n) is 11.3. The number of imide groups is 1. The Morgan fingerprint density at radius 2 is 1.97 bits per heavy atom. The van der Waals surface area contributed by atoms with Gasteiger partial charge in [0.05, 0.1) is 12.2 Å². The molecule has 1 saturated heterocycles. The molecule has 2 aliphatic carbocycles. The van der Waals surface area contributed by atoms with Crippen molar-refractivity contribution in [1.29, 1.82) is 0 Å². The molecule has 8 nitrogen and oxygen atoms in total. The van der Waals surface area contributed by atoms with Crippen molar-refractivity contribution in [3.05, 3.63) is 34.8 Å². The van der Waals surface area contributed by atoms with Gasteiger partial charge in [-0.2, -0.15) is 0 Å². The minimum Gasteiger partial charge on any atom is -0.443 e. The van der Waals surface area contributed by atoms with Crippen molar-refractivity contribution in [2.75, 3.05) is 19.6 Å². The molecular formula is C23H28N4O4. The molecule has 164 valence electrons. The predicted octanol–water partition coefficient (Wildman–Crippen LogP) is 3.43. The molecule has 0 bridgehead atoms. The Morgan fingerprint density at radius 3 is 2.74 bits per heavy atom. The molecule has 5 rings (SSSR count). The number of carbonyl (C=O) groups is 3. The maximum Gasteiger partial charge on any atom is 0.414 e. The van der Waals surface area contributed by atoms with Gasteiger partial charge in [-0.15, -0.1) is 0 Å². The maximum atomic E-state index is 13.2. The van der Waals surface area contributed by atoms with E-state index in [1.807, 2.05) is 25.2 Å². The maximum absolute atomic E-state index is 13.2. The minimum absolute atomic E-state index is 0.00167. The number of nitrogens with zero attached hydrogens (tertiary/aromatic N) is 3. The molecule has 1 N–H and O–H groups in total. The van der Waals surface area contributed by atoms with Crippen LogP contribution in [-0.2, 0) is 4.74 Å². The van der Waals surface area contributed by atoms with Crippen molar-refractivity contribution in [3.8, 4) is 0 Å². The number of cyclic esters (lactones) is 1. The summed E-state index contributed by atoms with van der Waals surface area (Å²) < 4.78 is 7.01. The van der Waals surface area contributed by atoms with Crippen molar-refractivity contribution in [3.63, 3.8) is 0 Å². The van der Waals surface area contributed by atoms with Crippen LogP contribution < -0.4 is 5.32 Å². The smallest absolute Gasteiger partial charge is 0.414 e. The number of hydrogen-bond donors (Lipinski definition) is 1. The van der Waals surface area contributed by atoms with Gasteiger partial charge in [0.1, 0.15) is 11.8 Å². The third-order valence-corrected chi connectivity index (χ3v) is 6.61. The van der Waals surface area contributed by atoms with E-state index in [0.29, 0.717) is 30.9 Å². The van der Waals surface area contributed by atoms with E-state index in [1.165, 1.54) is 11.3 Å². The number of amides is 3. The van der Waals surface area contributed by atoms with Crippen LogP contribution in [0.25, 0.3) is 12.2 Å². The Morgan fingerprint density at radius 1 is 1.16 bits per heavy atom. The Balaban J connectivity index is 1.42. The van der Waals surface area contributed by atoms with Gasteiger partial charge in [-0.1, -0.05) is 32.3 Å². The predicted molar refractivity (Wildman–Crippen MR) is 115 cm³/mol. The molecule has 2 aliphatic heterocycles. The molecule has 0 radical (unpaired) electrons. The van der Waals surface area contributed by atoms with E-state index in [9.17, 15) is 14.4 Å². The van der Waals surface area contributed by atoms with Crippen LogP contribution in [0.5, 0.6) is 0 Å². The van der Waals surface area contributed by atoms with Crippen molar-refractivity contribution in [2.45, 2.75) is 57.6 Å². The fourth-order valence-electron chi connectivity index (χ4n) is 5.06. The van der Waals surface area contributed by atoms with Crippen molar-refractivity contribution < 1.29 is 19.1 Å². The summed E-state index contributed by atoms with van der Waals surface area (Å²) in [6, 6.07) is 1.53. The van der Waals surface area contributed by atoms with E-state index in [2.05, 4.69) is 5.32 Å². The molecule has 1 aromatic heterocycles. The quantitative estimate of drug-likeness (QED) is 0.783. The fourth-order valence-corrected chi connectivity index (χ4v) is 5.06. The standard InChI is InChI=1S/C23H28N4O4/c1-2-24-13-18-14-25(23(30)31-18)17-9-6-10-19-15(11-17)12-20-21(28)26(22(29)27(19)20)16-7-4-3-5-8-16/h6,10-12,16,18,24H,2-5,7-9,13-14H2,1H3. The first kappa shape index (κ1) is 20.1. The van der Waals surface area contributed by atoms with Crippen LogP contribution in [0, 0.1) is 0 Å². The zero-order valence-electron chi connectivity index (χ0n) is 17.8. The Labute approximate surface area is 181 Å². The van der Waals surface area contributed by atoms with Gasteiger partial charge in [0.25, 0.3) is 5.91 Å². The minimum atomic E-state index is -0.353. The molecule has 31 heavy (non-hydrogen) atoms. The number of allylic oxidation sites excluding steroid dienone is 1. The summed E-state index contributed by atoms with van der Waals surface area (Å²) in [6.07, 6.45) is 10.8. The summed E-state index contributed by atoms with van der Waals surface area (Å²) >= 11 is 0. The first-order chi connectivity index (χ1) is 15.1. The second-order valence-corrected chi connectivity index (χ2v) is 8.62. The number of nitrogens with one attached hydrogen (secondary N) is 1. The van der Waals surface area contributed by atoms with Gasteiger partial charge in [-0.05, 0) is 37.6 Å². The number of fused-ring (bicyclic) bond motifs is 3. The first-order valence-corrected chi connectivity index (χ1v) is 11.3. The SMILES string of the molecule is CCNCC1CN(C2=Cc3cc4n(c3C=CC2)C(=O)N(C2CCCCC2)C4=O)C(=O)O1. The molecule has 2 fully saturated rings. The summed E-state index contributed by atoms with van der Waals surface area (Å²) in [6.45, 7) is 3.94. The van der Waals surface area contributed by atoms with Crippen LogP contribution in [-0.4, -0.2) is 64.2 Å². The third-order valence-electron chi connectivity index (χ3n) is 6.61. The van der Waals surface area contributed by atoms with Gasteiger partial charge in [0, 0.05) is 30.3 Å². The van der Waals surface area contributed by atoms with Gasteiger partial charge < -0.3 is 10.1 Å². The van der Waals surface area contributed by atoms with Gasteiger partial charge in [0.15, 0.2) is 0 Å². The Hall–Kier alpha value is -2.87. The van der Waals surface area contributed by atoms with E-state index in [4.69, 9.17) is 4.74 Å². The average molecular weight is 425 g/mol. The zero-order valence-corrected chi connectivity index (χ0v) is 17.8.